The van der Waals surface area contributed by atoms with E-state index in [-0.39, 0.29) is 24.0 Å². The molecule has 11 heteroatoms. The van der Waals surface area contributed by atoms with Gasteiger partial charge in [-0.2, -0.15) is 4.98 Å². The van der Waals surface area contributed by atoms with Crippen LogP contribution < -0.4 is 20.3 Å². The summed E-state index contributed by atoms with van der Waals surface area (Å²) in [5.74, 6) is -1.07. The largest absolute Gasteiger partial charge is 0.467 e. The number of nitrogens with zero attached hydrogens (tertiary/aromatic N) is 5. The molecule has 0 saturated carbocycles. The number of carbonyl (C=O) groups excluding carboxylic acids is 1. The zero-order chi connectivity index (χ0) is 24.7. The van der Waals surface area contributed by atoms with Gasteiger partial charge in [0.25, 0.3) is 5.91 Å². The molecule has 1 aliphatic heterocycles. The van der Waals surface area contributed by atoms with Gasteiger partial charge in [0.1, 0.15) is 0 Å². The van der Waals surface area contributed by atoms with Gasteiger partial charge in [-0.25, -0.2) is 14.4 Å². The Hall–Kier alpha value is -3.83. The highest BCUT2D eigenvalue weighted by Crippen LogP contribution is 2.31. The van der Waals surface area contributed by atoms with E-state index in [1.807, 2.05) is 6.07 Å². The van der Waals surface area contributed by atoms with E-state index in [0.29, 0.717) is 28.9 Å². The van der Waals surface area contributed by atoms with Crippen molar-refractivity contribution >= 4 is 33.8 Å². The third-order valence-corrected chi connectivity index (χ3v) is 6.01. The van der Waals surface area contributed by atoms with E-state index < -0.39 is 11.7 Å². The quantitative estimate of drug-likeness (QED) is 0.400. The van der Waals surface area contributed by atoms with Gasteiger partial charge < -0.3 is 29.8 Å². The Balaban J connectivity index is 1.53. The maximum Gasteiger partial charge on any atom is 0.316 e. The summed E-state index contributed by atoms with van der Waals surface area (Å²) in [4.78, 5) is 28.3. The number of imidazole rings is 1. The first-order chi connectivity index (χ1) is 16.9. The van der Waals surface area contributed by atoms with E-state index in [9.17, 15) is 14.3 Å². The Bertz CT molecular complexity index is 1410. The Morgan fingerprint density at radius 1 is 1.26 bits per heavy atom. The van der Waals surface area contributed by atoms with E-state index in [1.165, 1.54) is 30.0 Å². The maximum absolute atomic E-state index is 14.6. The number of rotatable bonds is 5. The number of hydrogen-bond acceptors (Lipinski definition) is 8. The molecule has 35 heavy (non-hydrogen) atoms. The van der Waals surface area contributed by atoms with Gasteiger partial charge in [-0.3, -0.25) is 4.79 Å². The lowest BCUT2D eigenvalue weighted by atomic mass is 10.0. The maximum atomic E-state index is 14.6. The molecule has 10 nitrogen and oxygen atoms in total. The first-order valence-electron chi connectivity index (χ1n) is 11.3. The number of amides is 1. The van der Waals surface area contributed by atoms with Gasteiger partial charge in [-0.05, 0) is 26.0 Å². The lowest BCUT2D eigenvalue weighted by molar-refractivity contribution is 0.102. The molecule has 0 spiro atoms. The molecular formula is C24H26FN7O3. The van der Waals surface area contributed by atoms with Crippen molar-refractivity contribution in [2.75, 3.05) is 30.4 Å². The third-order valence-electron chi connectivity index (χ3n) is 6.01. The second-order valence-corrected chi connectivity index (χ2v) is 8.78. The summed E-state index contributed by atoms with van der Waals surface area (Å²) in [5, 5.41) is 16.3. The molecule has 3 aromatic heterocycles. The van der Waals surface area contributed by atoms with Crippen LogP contribution >= 0.6 is 0 Å². The molecule has 1 aliphatic rings. The van der Waals surface area contributed by atoms with Crippen LogP contribution in [0.25, 0.3) is 16.6 Å². The first kappa shape index (κ1) is 22.9. The molecule has 4 aromatic rings. The van der Waals surface area contributed by atoms with Gasteiger partial charge >= 0.3 is 6.01 Å². The van der Waals surface area contributed by atoms with Crippen molar-refractivity contribution in [3.63, 3.8) is 0 Å². The molecule has 182 valence electrons. The normalized spacial score (nSPS) is 18.3. The van der Waals surface area contributed by atoms with Crippen LogP contribution in [-0.2, 0) is 6.61 Å². The fraction of sp³-hybridized carbons (Fsp3) is 0.333. The van der Waals surface area contributed by atoms with Gasteiger partial charge in [-0.1, -0.05) is 0 Å². The number of hydrogen-bond donors (Lipinski definition) is 3. The van der Waals surface area contributed by atoms with Crippen LogP contribution in [0.5, 0.6) is 6.01 Å². The molecule has 1 fully saturated rings. The molecule has 4 heterocycles. The third kappa shape index (κ3) is 4.35. The number of benzene rings is 1. The molecule has 3 N–H and O–H groups in total. The zero-order valence-corrected chi connectivity index (χ0v) is 19.6. The minimum atomic E-state index is -0.617. The molecular weight excluding hydrogens is 453 g/mol. The highest BCUT2D eigenvalue weighted by molar-refractivity contribution is 6.13. The van der Waals surface area contributed by atoms with Crippen molar-refractivity contribution in [1.29, 1.82) is 0 Å². The minimum Gasteiger partial charge on any atom is -0.467 e. The van der Waals surface area contributed by atoms with Crippen LogP contribution in [0.1, 0.15) is 29.9 Å². The number of fused-ring (bicyclic) bond motifs is 2. The average molecular weight is 480 g/mol. The van der Waals surface area contributed by atoms with Gasteiger partial charge in [0.2, 0.25) is 0 Å². The predicted octanol–water partition coefficient (Wildman–Crippen LogP) is 2.36. The molecule has 5 rings (SSSR count). The zero-order valence-electron chi connectivity index (χ0n) is 19.6. The van der Waals surface area contributed by atoms with Crippen molar-refractivity contribution in [2.45, 2.75) is 32.5 Å². The van der Waals surface area contributed by atoms with Gasteiger partial charge in [0.05, 0.1) is 36.2 Å². The monoisotopic (exact) mass is 479 g/mol. The van der Waals surface area contributed by atoms with Gasteiger partial charge in [0, 0.05) is 60.9 Å². The Kier molecular flexibility index (Phi) is 5.95. The molecule has 0 unspecified atom stereocenters. The van der Waals surface area contributed by atoms with Crippen LogP contribution in [-0.4, -0.2) is 62.6 Å². The van der Waals surface area contributed by atoms with E-state index in [0.717, 1.165) is 24.2 Å². The van der Waals surface area contributed by atoms with Crippen LogP contribution in [0.3, 0.4) is 0 Å². The summed E-state index contributed by atoms with van der Waals surface area (Å²) in [5.41, 5.74) is 2.32. The van der Waals surface area contributed by atoms with Crippen LogP contribution in [0.15, 0.2) is 36.8 Å². The number of nitrogens with one attached hydrogen (secondary N) is 2. The minimum absolute atomic E-state index is 0.0683. The lowest BCUT2D eigenvalue weighted by Gasteiger charge is -2.38. The fourth-order valence-electron chi connectivity index (χ4n) is 4.62. The summed E-state index contributed by atoms with van der Waals surface area (Å²) in [6.45, 7) is 5.55. The van der Waals surface area contributed by atoms with E-state index in [2.05, 4.69) is 44.3 Å². The average Bonchev–Trinajstić information content (AvgIpc) is 3.26. The number of carbonyl (C=O) groups is 1. The predicted molar refractivity (Wildman–Crippen MR) is 129 cm³/mol. The summed E-state index contributed by atoms with van der Waals surface area (Å²) in [6.07, 6.45) is 4.71. The standard InChI is InChI=1S/C24H26FN7O3/c1-13-8-31(9-14(2)27-13)20-5-4-17(21-18(20)7-26-24(30-21)35-3)23(34)29-15-6-19(25)22-28-16(12-33)11-32(22)10-15/h4-7,10-11,13-14,27,33H,8-9,12H2,1-3H3,(H,29,34)/t13-,14-/m0/s1. The van der Waals surface area contributed by atoms with Gasteiger partial charge in [-0.15, -0.1) is 0 Å². The fourth-order valence-corrected chi connectivity index (χ4v) is 4.62. The second-order valence-electron chi connectivity index (χ2n) is 8.78. The van der Waals surface area contributed by atoms with Crippen LogP contribution in [0, 0.1) is 5.82 Å². The number of piperazine rings is 1. The summed E-state index contributed by atoms with van der Waals surface area (Å²) in [6, 6.07) is 5.55. The molecule has 1 amide bonds. The number of aliphatic hydroxyl groups excluding tert-OH is 1. The molecule has 1 saturated heterocycles. The van der Waals surface area contributed by atoms with Crippen molar-refractivity contribution < 1.29 is 19.0 Å². The van der Waals surface area contributed by atoms with Crippen molar-refractivity contribution in [3.05, 3.63) is 53.9 Å². The SMILES string of the molecule is COc1ncc2c(N3C[C@H](C)N[C@@H](C)C3)ccc(C(=O)Nc3cc(F)c4nc(CO)cn4c3)c2n1. The van der Waals surface area contributed by atoms with Crippen molar-refractivity contribution in [3.8, 4) is 6.01 Å². The summed E-state index contributed by atoms with van der Waals surface area (Å²) >= 11 is 0. The molecule has 0 radical (unpaired) electrons. The number of methoxy groups -OCH3 is 1. The molecule has 2 atom stereocenters. The number of ether oxygens (including phenoxy) is 1. The highest BCUT2D eigenvalue weighted by Gasteiger charge is 2.25. The second kappa shape index (κ2) is 9.08. The number of aliphatic hydroxyl groups is 1. The van der Waals surface area contributed by atoms with E-state index >= 15 is 0 Å². The molecule has 0 aliphatic carbocycles. The van der Waals surface area contributed by atoms with Crippen LogP contribution in [0.4, 0.5) is 15.8 Å². The van der Waals surface area contributed by atoms with Gasteiger partial charge in [0.15, 0.2) is 11.5 Å². The highest BCUT2D eigenvalue weighted by atomic mass is 19.1. The smallest absolute Gasteiger partial charge is 0.316 e. The molecule has 1 aromatic carbocycles. The number of aromatic nitrogens is 4. The Morgan fingerprint density at radius 2 is 2.03 bits per heavy atom. The number of pyridine rings is 1. The van der Waals surface area contributed by atoms with E-state index in [1.54, 1.807) is 12.3 Å². The number of anilines is 2. The topological polar surface area (TPSA) is 117 Å². The van der Waals surface area contributed by atoms with Crippen molar-refractivity contribution in [2.24, 2.45) is 0 Å². The number of halogens is 1. The Morgan fingerprint density at radius 3 is 2.74 bits per heavy atom. The summed E-state index contributed by atoms with van der Waals surface area (Å²) < 4.78 is 21.2. The molecule has 0 bridgehead atoms. The Labute approximate surface area is 200 Å². The van der Waals surface area contributed by atoms with Crippen LogP contribution in [0.2, 0.25) is 0 Å². The lowest BCUT2D eigenvalue weighted by Crippen LogP contribution is -2.54. The first-order valence-corrected chi connectivity index (χ1v) is 11.3. The summed E-state index contributed by atoms with van der Waals surface area (Å²) in [7, 11) is 1.47. The van der Waals surface area contributed by atoms with E-state index in [4.69, 9.17) is 4.74 Å². The van der Waals surface area contributed by atoms with Crippen molar-refractivity contribution in [1.82, 2.24) is 24.7 Å².